The van der Waals surface area contributed by atoms with Crippen LogP contribution in [0.25, 0.3) is 0 Å². The number of ether oxygens (including phenoxy) is 2. The fourth-order valence-electron chi connectivity index (χ4n) is 2.08. The van der Waals surface area contributed by atoms with E-state index in [1.165, 1.54) is 25.7 Å². The molecule has 1 aliphatic carbocycles. The Labute approximate surface area is 99.9 Å². The third kappa shape index (κ3) is 5.83. The minimum atomic E-state index is -0.0485. The molecule has 0 aromatic heterocycles. The lowest BCUT2D eigenvalue weighted by Crippen LogP contribution is -2.33. The zero-order valence-electron chi connectivity index (χ0n) is 11.2. The molecule has 1 aliphatic rings. The molecule has 0 bridgehead atoms. The summed E-state index contributed by atoms with van der Waals surface area (Å²) in [5, 5.41) is 3.33. The Kier molecular flexibility index (Phi) is 5.73. The average molecular weight is 229 g/mol. The van der Waals surface area contributed by atoms with Crippen LogP contribution in [0.15, 0.2) is 0 Å². The van der Waals surface area contributed by atoms with Crippen LogP contribution in [0, 0.1) is 0 Å². The molecule has 1 saturated carbocycles. The quantitative estimate of drug-likeness (QED) is 0.734. The van der Waals surface area contributed by atoms with E-state index in [-0.39, 0.29) is 5.60 Å². The van der Waals surface area contributed by atoms with Gasteiger partial charge in [0.2, 0.25) is 0 Å². The summed E-state index contributed by atoms with van der Waals surface area (Å²) in [6.45, 7) is 7.66. The van der Waals surface area contributed by atoms with Crippen LogP contribution >= 0.6 is 0 Å². The largest absolute Gasteiger partial charge is 0.376 e. The Morgan fingerprint density at radius 1 is 1.06 bits per heavy atom. The van der Waals surface area contributed by atoms with Crippen LogP contribution in [0.2, 0.25) is 0 Å². The van der Waals surface area contributed by atoms with Gasteiger partial charge in [0, 0.05) is 6.04 Å². The molecule has 96 valence electrons. The highest BCUT2D eigenvalue weighted by Gasteiger charge is 2.20. The molecule has 0 spiro atoms. The van der Waals surface area contributed by atoms with Gasteiger partial charge in [0.05, 0.1) is 24.9 Å². The minimum Gasteiger partial charge on any atom is -0.376 e. The highest BCUT2D eigenvalue weighted by molar-refractivity contribution is 4.76. The van der Waals surface area contributed by atoms with Crippen molar-refractivity contribution in [1.82, 2.24) is 5.32 Å². The molecule has 0 unspecified atom stereocenters. The maximum atomic E-state index is 5.82. The molecule has 3 heteroatoms. The van der Waals surface area contributed by atoms with E-state index >= 15 is 0 Å². The van der Waals surface area contributed by atoms with Gasteiger partial charge in [0.15, 0.2) is 0 Å². The van der Waals surface area contributed by atoms with Gasteiger partial charge in [-0.3, -0.25) is 0 Å². The molecule has 0 aliphatic heterocycles. The highest BCUT2D eigenvalue weighted by atomic mass is 16.5. The first-order chi connectivity index (χ1) is 7.51. The summed E-state index contributed by atoms with van der Waals surface area (Å²) in [5.41, 5.74) is -0.0485. The normalized spacial score (nSPS) is 27.0. The number of hydrogen-bond donors (Lipinski definition) is 1. The number of nitrogens with one attached hydrogen (secondary N) is 1. The van der Waals surface area contributed by atoms with Gasteiger partial charge in [-0.25, -0.2) is 0 Å². The summed E-state index contributed by atoms with van der Waals surface area (Å²) < 4.78 is 11.4. The molecular weight excluding hydrogens is 202 g/mol. The lowest BCUT2D eigenvalue weighted by Gasteiger charge is -2.28. The third-order valence-corrected chi connectivity index (χ3v) is 3.05. The van der Waals surface area contributed by atoms with Crippen molar-refractivity contribution in [3.05, 3.63) is 0 Å². The summed E-state index contributed by atoms with van der Waals surface area (Å²) in [6.07, 6.45) is 5.29. The van der Waals surface area contributed by atoms with Gasteiger partial charge in [-0.2, -0.15) is 0 Å². The molecule has 0 atom stereocenters. The van der Waals surface area contributed by atoms with Gasteiger partial charge >= 0.3 is 0 Å². The zero-order valence-corrected chi connectivity index (χ0v) is 11.2. The van der Waals surface area contributed by atoms with E-state index in [2.05, 4.69) is 26.1 Å². The molecular formula is C13H27NO2. The Hall–Kier alpha value is -0.120. The van der Waals surface area contributed by atoms with E-state index < -0.39 is 0 Å². The second-order valence-electron chi connectivity index (χ2n) is 5.59. The van der Waals surface area contributed by atoms with Crippen molar-refractivity contribution in [2.45, 2.75) is 64.2 Å². The molecule has 16 heavy (non-hydrogen) atoms. The van der Waals surface area contributed by atoms with Crippen LogP contribution in [0.1, 0.15) is 46.5 Å². The Morgan fingerprint density at radius 3 is 2.19 bits per heavy atom. The van der Waals surface area contributed by atoms with E-state index in [4.69, 9.17) is 9.47 Å². The van der Waals surface area contributed by atoms with E-state index in [0.29, 0.717) is 18.8 Å². The summed E-state index contributed by atoms with van der Waals surface area (Å²) in [6, 6.07) is 0.700. The average Bonchev–Trinajstić information content (AvgIpc) is 2.24. The Morgan fingerprint density at radius 2 is 1.69 bits per heavy atom. The summed E-state index contributed by atoms with van der Waals surface area (Å²) in [5.74, 6) is 0. The Balaban J connectivity index is 2.02. The molecule has 0 radical (unpaired) electrons. The molecule has 3 nitrogen and oxygen atoms in total. The SMILES string of the molecule is CNC1CCC(OCCOC(C)(C)C)CC1. The fourth-order valence-corrected chi connectivity index (χ4v) is 2.08. The fraction of sp³-hybridized carbons (Fsp3) is 1.00. The van der Waals surface area contributed by atoms with Gasteiger partial charge in [0.25, 0.3) is 0 Å². The first-order valence-corrected chi connectivity index (χ1v) is 6.44. The van der Waals surface area contributed by atoms with Crippen molar-refractivity contribution >= 4 is 0 Å². The van der Waals surface area contributed by atoms with Gasteiger partial charge in [-0.15, -0.1) is 0 Å². The van der Waals surface area contributed by atoms with E-state index in [1.807, 2.05) is 7.05 Å². The topological polar surface area (TPSA) is 30.5 Å². The van der Waals surface area contributed by atoms with E-state index in [9.17, 15) is 0 Å². The monoisotopic (exact) mass is 229 g/mol. The van der Waals surface area contributed by atoms with Crippen molar-refractivity contribution < 1.29 is 9.47 Å². The Bertz CT molecular complexity index is 181. The second-order valence-corrected chi connectivity index (χ2v) is 5.59. The number of hydrogen-bond acceptors (Lipinski definition) is 3. The highest BCUT2D eigenvalue weighted by Crippen LogP contribution is 2.20. The first-order valence-electron chi connectivity index (χ1n) is 6.44. The predicted octanol–water partition coefficient (Wildman–Crippen LogP) is 2.35. The molecule has 0 aromatic carbocycles. The van der Waals surface area contributed by atoms with E-state index in [0.717, 1.165) is 6.61 Å². The van der Waals surface area contributed by atoms with E-state index in [1.54, 1.807) is 0 Å². The van der Waals surface area contributed by atoms with Crippen LogP contribution in [0.4, 0.5) is 0 Å². The first kappa shape index (κ1) is 13.9. The zero-order chi connectivity index (χ0) is 12.0. The maximum Gasteiger partial charge on any atom is 0.0707 e. The van der Waals surface area contributed by atoms with Crippen molar-refractivity contribution in [2.24, 2.45) is 0 Å². The smallest absolute Gasteiger partial charge is 0.0707 e. The summed E-state index contributed by atoms with van der Waals surface area (Å²) >= 11 is 0. The van der Waals surface area contributed by atoms with Crippen molar-refractivity contribution in [3.8, 4) is 0 Å². The van der Waals surface area contributed by atoms with Crippen LogP contribution in [-0.2, 0) is 9.47 Å². The minimum absolute atomic E-state index is 0.0485. The molecule has 1 rings (SSSR count). The molecule has 0 heterocycles. The lowest BCUT2D eigenvalue weighted by molar-refractivity contribution is -0.0587. The molecule has 0 saturated heterocycles. The van der Waals surface area contributed by atoms with Crippen molar-refractivity contribution in [1.29, 1.82) is 0 Å². The van der Waals surface area contributed by atoms with Gasteiger partial charge < -0.3 is 14.8 Å². The molecule has 0 aromatic rings. The summed E-state index contributed by atoms with van der Waals surface area (Å²) in [4.78, 5) is 0. The maximum absolute atomic E-state index is 5.82. The predicted molar refractivity (Wildman–Crippen MR) is 66.8 cm³/mol. The van der Waals surface area contributed by atoms with Crippen molar-refractivity contribution in [2.75, 3.05) is 20.3 Å². The standard InChI is InChI=1S/C13H27NO2/c1-13(2,3)16-10-9-15-12-7-5-11(14-4)6-8-12/h11-12,14H,5-10H2,1-4H3. The summed E-state index contributed by atoms with van der Waals surface area (Å²) in [7, 11) is 2.04. The van der Waals surface area contributed by atoms with Crippen LogP contribution < -0.4 is 5.32 Å². The molecule has 1 fully saturated rings. The third-order valence-electron chi connectivity index (χ3n) is 3.05. The van der Waals surface area contributed by atoms with Gasteiger partial charge in [0.1, 0.15) is 0 Å². The molecule has 1 N–H and O–H groups in total. The van der Waals surface area contributed by atoms with Gasteiger partial charge in [-0.1, -0.05) is 0 Å². The second kappa shape index (κ2) is 6.58. The van der Waals surface area contributed by atoms with Crippen LogP contribution in [-0.4, -0.2) is 38.0 Å². The van der Waals surface area contributed by atoms with Crippen molar-refractivity contribution in [3.63, 3.8) is 0 Å². The molecule has 0 amide bonds. The number of rotatable bonds is 5. The van der Waals surface area contributed by atoms with Crippen LogP contribution in [0.5, 0.6) is 0 Å². The lowest BCUT2D eigenvalue weighted by atomic mass is 9.93. The van der Waals surface area contributed by atoms with Crippen LogP contribution in [0.3, 0.4) is 0 Å². The van der Waals surface area contributed by atoms with Gasteiger partial charge in [-0.05, 0) is 53.5 Å².